The monoisotopic (exact) mass is 537 g/mol. The van der Waals surface area contributed by atoms with Crippen molar-refractivity contribution in [2.45, 2.75) is 84.8 Å². The third kappa shape index (κ3) is 7.92. The van der Waals surface area contributed by atoms with Gasteiger partial charge in [-0.1, -0.05) is 48.8 Å². The molecule has 1 aromatic carbocycles. The van der Waals surface area contributed by atoms with Crippen LogP contribution in [0.5, 0.6) is 0 Å². The fourth-order valence-corrected chi connectivity index (χ4v) is 6.16. The predicted molar refractivity (Wildman–Crippen MR) is 153 cm³/mol. The molecule has 0 spiro atoms. The summed E-state index contributed by atoms with van der Waals surface area (Å²) in [6, 6.07) is 10.0. The van der Waals surface area contributed by atoms with Gasteiger partial charge < -0.3 is 20.5 Å². The van der Waals surface area contributed by atoms with Gasteiger partial charge in [-0.3, -0.25) is 14.5 Å². The van der Waals surface area contributed by atoms with Gasteiger partial charge in [0.2, 0.25) is 5.91 Å². The van der Waals surface area contributed by atoms with Gasteiger partial charge in [-0.05, 0) is 82.2 Å². The second-order valence-electron chi connectivity index (χ2n) is 12.2. The summed E-state index contributed by atoms with van der Waals surface area (Å²) >= 11 is 0. The molecule has 3 N–H and O–H groups in total. The minimum Gasteiger partial charge on any atom is -0.361 e. The zero-order valence-electron chi connectivity index (χ0n) is 24.2. The molecule has 2 heterocycles. The molecular formula is C31H47N5O3. The van der Waals surface area contributed by atoms with E-state index in [9.17, 15) is 9.59 Å². The van der Waals surface area contributed by atoms with Crippen molar-refractivity contribution in [1.82, 2.24) is 20.3 Å². The van der Waals surface area contributed by atoms with Crippen molar-refractivity contribution >= 4 is 11.8 Å². The minimum absolute atomic E-state index is 0.0611. The molecule has 1 unspecified atom stereocenters. The quantitative estimate of drug-likeness (QED) is 0.468. The van der Waals surface area contributed by atoms with E-state index in [2.05, 4.69) is 60.4 Å². The highest BCUT2D eigenvalue weighted by molar-refractivity contribution is 5.96. The number of nitrogens with zero attached hydrogens (tertiary/aromatic N) is 3. The lowest BCUT2D eigenvalue weighted by Gasteiger charge is -2.43. The number of aromatic nitrogens is 1. The van der Waals surface area contributed by atoms with Crippen LogP contribution in [0.15, 0.2) is 34.9 Å². The van der Waals surface area contributed by atoms with Crippen LogP contribution in [-0.2, 0) is 11.3 Å². The first-order valence-electron chi connectivity index (χ1n) is 14.7. The number of nitrogens with one attached hydrogen (secondary N) is 1. The average Bonchev–Trinajstić information content (AvgIpc) is 3.38. The lowest BCUT2D eigenvalue weighted by molar-refractivity contribution is -0.128. The Morgan fingerprint density at radius 2 is 1.79 bits per heavy atom. The Balaban J connectivity index is 1.49. The summed E-state index contributed by atoms with van der Waals surface area (Å²) in [5.41, 5.74) is 8.65. The van der Waals surface area contributed by atoms with Gasteiger partial charge in [-0.2, -0.15) is 0 Å². The largest absolute Gasteiger partial charge is 0.361 e. The Labute approximate surface area is 233 Å². The number of carbonyl (C=O) groups excluding carboxylic acids is 2. The Bertz CT molecular complexity index is 1070. The molecule has 2 amide bonds. The Morgan fingerprint density at radius 1 is 1.10 bits per heavy atom. The summed E-state index contributed by atoms with van der Waals surface area (Å²) in [4.78, 5) is 31.4. The molecular weight excluding hydrogens is 490 g/mol. The van der Waals surface area contributed by atoms with Crippen LogP contribution < -0.4 is 11.1 Å². The lowest BCUT2D eigenvalue weighted by Crippen LogP contribution is -2.58. The summed E-state index contributed by atoms with van der Waals surface area (Å²) < 4.78 is 5.18. The van der Waals surface area contributed by atoms with Gasteiger partial charge in [0.15, 0.2) is 5.69 Å². The van der Waals surface area contributed by atoms with Crippen LogP contribution in [0, 0.1) is 31.6 Å². The first-order chi connectivity index (χ1) is 18.7. The number of amides is 2. The van der Waals surface area contributed by atoms with E-state index < -0.39 is 6.04 Å². The van der Waals surface area contributed by atoms with Gasteiger partial charge in [-0.25, -0.2) is 0 Å². The first-order valence-corrected chi connectivity index (χ1v) is 14.7. The molecule has 8 nitrogen and oxygen atoms in total. The molecule has 1 saturated heterocycles. The standard InChI is InChI=1S/C31H47N5O3/c1-21(2)19-35(20-26-7-5-22(3)6-8-26)27-13-14-36(31(38)28-15-23(4)39-34-28)29(16-27)30(37)33-18-25-11-9-24(17-32)10-12-25/h5-8,15,21,24-25,27,29H,9-14,16-20,32H2,1-4H3,(H,33,37)/t24?,25?,27?,29-/m1/s1. The maximum atomic E-state index is 13.7. The second kappa shape index (κ2) is 13.6. The molecule has 2 fully saturated rings. The van der Waals surface area contributed by atoms with Crippen molar-refractivity contribution in [2.24, 2.45) is 23.5 Å². The van der Waals surface area contributed by atoms with Crippen LogP contribution in [0.4, 0.5) is 0 Å². The van der Waals surface area contributed by atoms with Gasteiger partial charge >= 0.3 is 0 Å². The van der Waals surface area contributed by atoms with Crippen LogP contribution in [0.25, 0.3) is 0 Å². The Hall–Kier alpha value is -2.71. The molecule has 2 atom stereocenters. The molecule has 1 aliphatic carbocycles. The zero-order valence-corrected chi connectivity index (χ0v) is 24.2. The average molecular weight is 538 g/mol. The number of aryl methyl sites for hydroxylation is 2. The van der Waals surface area contributed by atoms with E-state index in [-0.39, 0.29) is 23.6 Å². The number of hydrogen-bond donors (Lipinski definition) is 2. The van der Waals surface area contributed by atoms with Crippen LogP contribution >= 0.6 is 0 Å². The van der Waals surface area contributed by atoms with Crippen molar-refractivity contribution in [3.63, 3.8) is 0 Å². The maximum Gasteiger partial charge on any atom is 0.276 e. The number of piperidine rings is 1. The van der Waals surface area contributed by atoms with Crippen LogP contribution in [0.1, 0.15) is 79.7 Å². The number of hydrogen-bond acceptors (Lipinski definition) is 6. The first kappa shape index (κ1) is 29.3. The molecule has 1 aromatic heterocycles. The Kier molecular flexibility index (Phi) is 10.2. The number of nitrogens with two attached hydrogens (primary N) is 1. The third-order valence-electron chi connectivity index (χ3n) is 8.47. The molecule has 1 aliphatic heterocycles. The summed E-state index contributed by atoms with van der Waals surface area (Å²) in [6.07, 6.45) is 5.86. The SMILES string of the molecule is Cc1ccc(CN(CC(C)C)C2CCN(C(=O)c3cc(C)on3)[C@@H](C(=O)NCC3CCC(CN)CC3)C2)cc1. The van der Waals surface area contributed by atoms with Gasteiger partial charge in [0.05, 0.1) is 0 Å². The fourth-order valence-electron chi connectivity index (χ4n) is 6.16. The van der Waals surface area contributed by atoms with Crippen molar-refractivity contribution < 1.29 is 14.1 Å². The topological polar surface area (TPSA) is 105 Å². The summed E-state index contributed by atoms with van der Waals surface area (Å²) in [5, 5.41) is 7.18. The fraction of sp³-hybridized carbons (Fsp3) is 0.645. The normalized spacial score (nSPS) is 23.8. The van der Waals surface area contributed by atoms with E-state index >= 15 is 0 Å². The molecule has 2 aliphatic rings. The molecule has 2 aromatic rings. The van der Waals surface area contributed by atoms with E-state index in [1.807, 2.05) is 0 Å². The van der Waals surface area contributed by atoms with E-state index in [0.717, 1.165) is 51.7 Å². The van der Waals surface area contributed by atoms with Crippen molar-refractivity contribution in [3.8, 4) is 0 Å². The lowest BCUT2D eigenvalue weighted by atomic mass is 9.82. The highest BCUT2D eigenvalue weighted by Crippen LogP contribution is 2.29. The second-order valence-corrected chi connectivity index (χ2v) is 12.2. The molecule has 8 heteroatoms. The molecule has 0 radical (unpaired) electrons. The zero-order chi connectivity index (χ0) is 27.9. The van der Waals surface area contributed by atoms with E-state index in [4.69, 9.17) is 10.3 Å². The van der Waals surface area contributed by atoms with Gasteiger partial charge in [0.1, 0.15) is 11.8 Å². The van der Waals surface area contributed by atoms with Gasteiger partial charge in [0.25, 0.3) is 5.91 Å². The Morgan fingerprint density at radius 3 is 2.41 bits per heavy atom. The van der Waals surface area contributed by atoms with Crippen LogP contribution in [0.3, 0.4) is 0 Å². The predicted octanol–water partition coefficient (Wildman–Crippen LogP) is 4.30. The van der Waals surface area contributed by atoms with Crippen molar-refractivity contribution in [2.75, 3.05) is 26.2 Å². The number of rotatable bonds is 10. The number of likely N-dealkylation sites (tertiary alicyclic amines) is 1. The molecule has 4 rings (SSSR count). The van der Waals surface area contributed by atoms with E-state index in [1.54, 1.807) is 17.9 Å². The highest BCUT2D eigenvalue weighted by atomic mass is 16.5. The van der Waals surface area contributed by atoms with Crippen LogP contribution in [0.2, 0.25) is 0 Å². The van der Waals surface area contributed by atoms with Crippen molar-refractivity contribution in [3.05, 3.63) is 52.9 Å². The summed E-state index contributed by atoms with van der Waals surface area (Å²) in [5.74, 6) is 1.86. The van der Waals surface area contributed by atoms with Crippen molar-refractivity contribution in [1.29, 1.82) is 0 Å². The number of benzene rings is 1. The van der Waals surface area contributed by atoms with Gasteiger partial charge in [0, 0.05) is 38.3 Å². The third-order valence-corrected chi connectivity index (χ3v) is 8.47. The van der Waals surface area contributed by atoms with E-state index in [1.165, 1.54) is 11.1 Å². The molecule has 1 saturated carbocycles. The molecule has 214 valence electrons. The van der Waals surface area contributed by atoms with Gasteiger partial charge in [-0.15, -0.1) is 0 Å². The summed E-state index contributed by atoms with van der Waals surface area (Å²) in [7, 11) is 0. The smallest absolute Gasteiger partial charge is 0.276 e. The highest BCUT2D eigenvalue weighted by Gasteiger charge is 2.39. The van der Waals surface area contributed by atoms with E-state index in [0.29, 0.717) is 43.0 Å². The molecule has 39 heavy (non-hydrogen) atoms. The minimum atomic E-state index is -0.540. The number of carbonyl (C=O) groups is 2. The van der Waals surface area contributed by atoms with Crippen LogP contribution in [-0.4, -0.2) is 65.0 Å². The summed E-state index contributed by atoms with van der Waals surface area (Å²) in [6.45, 7) is 12.0. The molecule has 0 bridgehead atoms. The maximum absolute atomic E-state index is 13.7.